The Bertz CT molecular complexity index is 468. The van der Waals surface area contributed by atoms with Crippen molar-refractivity contribution in [2.75, 3.05) is 0 Å². The Balaban J connectivity index is 3.67. The predicted octanol–water partition coefficient (Wildman–Crippen LogP) is 4.74. The molecule has 0 N–H and O–H groups in total. The van der Waals surface area contributed by atoms with Gasteiger partial charge in [-0.15, -0.1) is 0 Å². The largest absolute Gasteiger partial charge is 0.298 e. The molecule has 0 heterocycles. The maximum atomic E-state index is 11.3. The van der Waals surface area contributed by atoms with Gasteiger partial charge in [0.15, 0.2) is 6.29 Å². The highest BCUT2D eigenvalue weighted by Crippen LogP contribution is 2.33. The Morgan fingerprint density at radius 2 is 1.56 bits per heavy atom. The van der Waals surface area contributed by atoms with Gasteiger partial charge in [-0.05, 0) is 33.6 Å². The van der Waals surface area contributed by atoms with Crippen LogP contribution in [0.5, 0.6) is 0 Å². The molecule has 0 radical (unpaired) electrons. The molecule has 0 saturated carbocycles. The summed E-state index contributed by atoms with van der Waals surface area (Å²) in [6.45, 7) is 16.8. The number of carbonyl (C=O) groups excluding carboxylic acids is 1. The Hall–Kier alpha value is -1.37. The minimum atomic E-state index is 0.00252. The standard InChI is InChI=1S/C17H24O/c1-8-14-12(11-18)9-13(16(2,3)4)10-15(14)17(5,6)7/h8-11H,1H2,2-7H3. The quantitative estimate of drug-likeness (QED) is 0.687. The Labute approximate surface area is 111 Å². The van der Waals surface area contributed by atoms with Gasteiger partial charge in [-0.2, -0.15) is 0 Å². The van der Waals surface area contributed by atoms with Crippen molar-refractivity contribution in [3.05, 3.63) is 41.0 Å². The minimum Gasteiger partial charge on any atom is -0.298 e. The summed E-state index contributed by atoms with van der Waals surface area (Å²) in [5.41, 5.74) is 4.13. The second kappa shape index (κ2) is 4.72. The van der Waals surface area contributed by atoms with Gasteiger partial charge in [0.2, 0.25) is 0 Å². The van der Waals surface area contributed by atoms with E-state index in [4.69, 9.17) is 0 Å². The van der Waals surface area contributed by atoms with Crippen LogP contribution in [0.4, 0.5) is 0 Å². The van der Waals surface area contributed by atoms with Crippen LogP contribution in [-0.4, -0.2) is 6.29 Å². The van der Waals surface area contributed by atoms with E-state index in [0.29, 0.717) is 0 Å². The lowest BCUT2D eigenvalue weighted by atomic mass is 9.77. The Morgan fingerprint density at radius 3 is 1.89 bits per heavy atom. The molecule has 0 atom stereocenters. The molecule has 0 aliphatic carbocycles. The predicted molar refractivity (Wildman–Crippen MR) is 79.3 cm³/mol. The molecule has 1 aromatic rings. The van der Waals surface area contributed by atoms with Crippen molar-refractivity contribution in [3.63, 3.8) is 0 Å². The van der Waals surface area contributed by atoms with Gasteiger partial charge < -0.3 is 0 Å². The first-order chi connectivity index (χ1) is 8.11. The molecule has 1 aromatic carbocycles. The van der Waals surface area contributed by atoms with E-state index in [-0.39, 0.29) is 10.8 Å². The summed E-state index contributed by atoms with van der Waals surface area (Å²) < 4.78 is 0. The van der Waals surface area contributed by atoms with Gasteiger partial charge >= 0.3 is 0 Å². The van der Waals surface area contributed by atoms with Gasteiger partial charge in [-0.25, -0.2) is 0 Å². The molecular formula is C17H24O. The Kier molecular flexibility index (Phi) is 3.85. The van der Waals surface area contributed by atoms with Crippen molar-refractivity contribution < 1.29 is 4.79 Å². The zero-order valence-corrected chi connectivity index (χ0v) is 12.4. The molecule has 1 nitrogen and oxygen atoms in total. The van der Waals surface area contributed by atoms with Gasteiger partial charge in [-0.3, -0.25) is 4.79 Å². The molecule has 18 heavy (non-hydrogen) atoms. The van der Waals surface area contributed by atoms with E-state index in [1.165, 1.54) is 11.1 Å². The van der Waals surface area contributed by atoms with Crippen LogP contribution in [0, 0.1) is 0 Å². The second-order valence-corrected chi connectivity index (χ2v) is 6.85. The van der Waals surface area contributed by atoms with Gasteiger partial charge in [0.05, 0.1) is 0 Å². The molecule has 0 aromatic heterocycles. The third-order valence-corrected chi connectivity index (χ3v) is 3.22. The van der Waals surface area contributed by atoms with Crippen LogP contribution < -0.4 is 0 Å². The van der Waals surface area contributed by atoms with Crippen molar-refractivity contribution in [3.8, 4) is 0 Å². The van der Waals surface area contributed by atoms with Crippen LogP contribution in [-0.2, 0) is 10.8 Å². The van der Waals surface area contributed by atoms with Gasteiger partial charge in [-0.1, -0.05) is 60.3 Å². The molecule has 0 spiro atoms. The van der Waals surface area contributed by atoms with Gasteiger partial charge in [0.1, 0.15) is 0 Å². The molecule has 1 heteroatoms. The maximum Gasteiger partial charge on any atom is 0.150 e. The Morgan fingerprint density at radius 1 is 1.00 bits per heavy atom. The monoisotopic (exact) mass is 244 g/mol. The first-order valence-corrected chi connectivity index (χ1v) is 6.38. The summed E-state index contributed by atoms with van der Waals surface area (Å²) in [5, 5.41) is 0. The van der Waals surface area contributed by atoms with Crippen molar-refractivity contribution >= 4 is 12.4 Å². The van der Waals surface area contributed by atoms with Crippen molar-refractivity contribution in [2.24, 2.45) is 0 Å². The van der Waals surface area contributed by atoms with E-state index in [9.17, 15) is 4.79 Å². The fraction of sp³-hybridized carbons (Fsp3) is 0.471. The molecule has 0 fully saturated rings. The lowest BCUT2D eigenvalue weighted by Gasteiger charge is -2.27. The highest BCUT2D eigenvalue weighted by atomic mass is 16.1. The first kappa shape index (κ1) is 14.7. The molecule has 1 rings (SSSR count). The second-order valence-electron chi connectivity index (χ2n) is 6.85. The van der Waals surface area contributed by atoms with E-state index < -0.39 is 0 Å². The zero-order valence-electron chi connectivity index (χ0n) is 12.4. The van der Waals surface area contributed by atoms with Crippen LogP contribution in [0.15, 0.2) is 18.7 Å². The topological polar surface area (TPSA) is 17.1 Å². The van der Waals surface area contributed by atoms with E-state index >= 15 is 0 Å². The lowest BCUT2D eigenvalue weighted by Crippen LogP contribution is -2.19. The van der Waals surface area contributed by atoms with Crippen LogP contribution in [0.3, 0.4) is 0 Å². The van der Waals surface area contributed by atoms with Gasteiger partial charge in [0, 0.05) is 5.56 Å². The molecule has 98 valence electrons. The SMILES string of the molecule is C=Cc1c(C=O)cc(C(C)(C)C)cc1C(C)(C)C. The van der Waals surface area contributed by atoms with Crippen LogP contribution in [0.1, 0.15) is 68.6 Å². The number of carbonyl (C=O) groups is 1. The maximum absolute atomic E-state index is 11.3. The van der Waals surface area contributed by atoms with Crippen LogP contribution in [0.25, 0.3) is 6.08 Å². The summed E-state index contributed by atoms with van der Waals surface area (Å²) >= 11 is 0. The highest BCUT2D eigenvalue weighted by Gasteiger charge is 2.23. The molecule has 0 aliphatic heterocycles. The zero-order chi connectivity index (χ0) is 14.1. The average Bonchev–Trinajstić information content (AvgIpc) is 2.24. The first-order valence-electron chi connectivity index (χ1n) is 6.38. The van der Waals surface area contributed by atoms with E-state index in [1.807, 2.05) is 6.07 Å². The summed E-state index contributed by atoms with van der Waals surface area (Å²) in [7, 11) is 0. The average molecular weight is 244 g/mol. The smallest absolute Gasteiger partial charge is 0.150 e. The number of hydrogen-bond donors (Lipinski definition) is 0. The lowest BCUT2D eigenvalue weighted by molar-refractivity contribution is 0.112. The van der Waals surface area contributed by atoms with Crippen LogP contribution >= 0.6 is 0 Å². The molecular weight excluding hydrogens is 220 g/mol. The third-order valence-electron chi connectivity index (χ3n) is 3.22. The number of benzene rings is 1. The molecule has 0 amide bonds. The normalized spacial score (nSPS) is 12.3. The minimum absolute atomic E-state index is 0.00252. The molecule has 0 saturated heterocycles. The van der Waals surface area contributed by atoms with Gasteiger partial charge in [0.25, 0.3) is 0 Å². The summed E-state index contributed by atoms with van der Waals surface area (Å²) in [5.74, 6) is 0. The number of rotatable bonds is 2. The fourth-order valence-electron chi connectivity index (χ4n) is 2.05. The number of hydrogen-bond acceptors (Lipinski definition) is 1. The molecule has 0 unspecified atom stereocenters. The highest BCUT2D eigenvalue weighted by molar-refractivity contribution is 5.83. The van der Waals surface area contributed by atoms with Crippen LogP contribution in [0.2, 0.25) is 0 Å². The summed E-state index contributed by atoms with van der Waals surface area (Å²) in [6.07, 6.45) is 2.72. The number of aldehydes is 1. The molecule has 0 bridgehead atoms. The molecule has 0 aliphatic rings. The van der Waals surface area contributed by atoms with E-state index in [1.54, 1.807) is 6.08 Å². The van der Waals surface area contributed by atoms with E-state index in [0.717, 1.165) is 17.4 Å². The summed E-state index contributed by atoms with van der Waals surface area (Å²) in [4.78, 5) is 11.3. The van der Waals surface area contributed by atoms with Crippen molar-refractivity contribution in [1.29, 1.82) is 0 Å². The van der Waals surface area contributed by atoms with Crippen molar-refractivity contribution in [1.82, 2.24) is 0 Å². The summed E-state index contributed by atoms with van der Waals surface area (Å²) in [6, 6.07) is 4.20. The third kappa shape index (κ3) is 2.90. The van der Waals surface area contributed by atoms with Crippen molar-refractivity contribution in [2.45, 2.75) is 52.4 Å². The fourth-order valence-corrected chi connectivity index (χ4v) is 2.05. The van der Waals surface area contributed by atoms with E-state index in [2.05, 4.69) is 54.2 Å².